The fourth-order valence-electron chi connectivity index (χ4n) is 2.07. The van der Waals surface area contributed by atoms with Gasteiger partial charge in [-0.2, -0.15) is 0 Å². The van der Waals surface area contributed by atoms with Crippen molar-refractivity contribution in [3.8, 4) is 5.75 Å². The summed E-state index contributed by atoms with van der Waals surface area (Å²) >= 11 is 2.17. The molecule has 98 valence electrons. The smallest absolute Gasteiger partial charge is 0.254 e. The van der Waals surface area contributed by atoms with Crippen molar-refractivity contribution in [2.45, 2.75) is 18.9 Å². The van der Waals surface area contributed by atoms with E-state index in [1.54, 1.807) is 7.11 Å². The van der Waals surface area contributed by atoms with Crippen molar-refractivity contribution < 1.29 is 9.53 Å². The van der Waals surface area contributed by atoms with Gasteiger partial charge in [-0.25, -0.2) is 0 Å². The van der Waals surface area contributed by atoms with Crippen LogP contribution >= 0.6 is 22.6 Å². The van der Waals surface area contributed by atoms with Crippen LogP contribution in [0.15, 0.2) is 18.2 Å². The average Bonchev–Trinajstić information content (AvgIpc) is 2.38. The molecule has 1 aliphatic heterocycles. The lowest BCUT2D eigenvalue weighted by Crippen LogP contribution is -2.43. The van der Waals surface area contributed by atoms with Crippen molar-refractivity contribution >= 4 is 28.5 Å². The number of rotatable bonds is 2. The van der Waals surface area contributed by atoms with E-state index in [4.69, 9.17) is 10.5 Å². The second-order valence-electron chi connectivity index (χ2n) is 4.48. The van der Waals surface area contributed by atoms with Crippen molar-refractivity contribution in [2.75, 3.05) is 20.2 Å². The first-order valence-electron chi connectivity index (χ1n) is 6.00. The van der Waals surface area contributed by atoms with Gasteiger partial charge in [0, 0.05) is 22.7 Å². The van der Waals surface area contributed by atoms with Gasteiger partial charge in [0.25, 0.3) is 5.91 Å². The van der Waals surface area contributed by atoms with Crippen LogP contribution in [0.25, 0.3) is 0 Å². The molecule has 0 bridgehead atoms. The number of methoxy groups -OCH3 is 1. The van der Waals surface area contributed by atoms with E-state index in [2.05, 4.69) is 22.6 Å². The second kappa shape index (κ2) is 5.88. The summed E-state index contributed by atoms with van der Waals surface area (Å²) in [6.45, 7) is 1.50. The van der Waals surface area contributed by atoms with Gasteiger partial charge in [-0.1, -0.05) is 0 Å². The zero-order valence-corrected chi connectivity index (χ0v) is 12.5. The van der Waals surface area contributed by atoms with Crippen LogP contribution < -0.4 is 10.5 Å². The highest BCUT2D eigenvalue weighted by molar-refractivity contribution is 14.1. The standard InChI is InChI=1S/C13H17IN2O2/c1-18-10-2-3-11(12(14)8-10)13(17)16-6-4-9(15)5-7-16/h2-3,8-9H,4-7,15H2,1H3. The van der Waals surface area contributed by atoms with Crippen LogP contribution in [0.2, 0.25) is 0 Å². The number of nitrogens with two attached hydrogens (primary N) is 1. The number of benzene rings is 1. The highest BCUT2D eigenvalue weighted by Gasteiger charge is 2.23. The summed E-state index contributed by atoms with van der Waals surface area (Å²) in [5, 5.41) is 0. The number of ether oxygens (including phenoxy) is 1. The Kier molecular flexibility index (Phi) is 4.45. The van der Waals surface area contributed by atoms with Gasteiger partial charge in [0.05, 0.1) is 12.7 Å². The summed E-state index contributed by atoms with van der Waals surface area (Å²) in [5.41, 5.74) is 6.59. The van der Waals surface area contributed by atoms with Crippen molar-refractivity contribution in [2.24, 2.45) is 5.73 Å². The number of carbonyl (C=O) groups excluding carboxylic acids is 1. The molecule has 0 aromatic heterocycles. The fourth-order valence-corrected chi connectivity index (χ4v) is 2.79. The third-order valence-electron chi connectivity index (χ3n) is 3.23. The first-order chi connectivity index (χ1) is 8.61. The third-order valence-corrected chi connectivity index (χ3v) is 4.13. The van der Waals surface area contributed by atoms with E-state index >= 15 is 0 Å². The van der Waals surface area contributed by atoms with Crippen LogP contribution in [-0.4, -0.2) is 37.0 Å². The predicted molar refractivity (Wildman–Crippen MR) is 78.8 cm³/mol. The third kappa shape index (κ3) is 2.95. The Hall–Kier alpha value is -0.820. The Bertz CT molecular complexity index is 443. The minimum atomic E-state index is 0.0916. The van der Waals surface area contributed by atoms with Gasteiger partial charge in [-0.05, 0) is 53.6 Å². The van der Waals surface area contributed by atoms with Crippen LogP contribution in [0.3, 0.4) is 0 Å². The Balaban J connectivity index is 2.13. The molecule has 0 atom stereocenters. The fraction of sp³-hybridized carbons (Fsp3) is 0.462. The normalized spacial score (nSPS) is 16.7. The summed E-state index contributed by atoms with van der Waals surface area (Å²) in [4.78, 5) is 14.2. The van der Waals surface area contributed by atoms with Crippen LogP contribution in [-0.2, 0) is 0 Å². The summed E-state index contributed by atoms with van der Waals surface area (Å²) in [6, 6.07) is 5.77. The zero-order chi connectivity index (χ0) is 13.1. The van der Waals surface area contributed by atoms with Gasteiger partial charge in [-0.3, -0.25) is 4.79 Å². The van der Waals surface area contributed by atoms with E-state index < -0.39 is 0 Å². The van der Waals surface area contributed by atoms with Crippen molar-refractivity contribution in [3.05, 3.63) is 27.3 Å². The van der Waals surface area contributed by atoms with Crippen LogP contribution in [0, 0.1) is 3.57 Å². The monoisotopic (exact) mass is 360 g/mol. The molecule has 1 amide bonds. The minimum Gasteiger partial charge on any atom is -0.497 e. The maximum Gasteiger partial charge on any atom is 0.254 e. The zero-order valence-electron chi connectivity index (χ0n) is 10.4. The molecular weight excluding hydrogens is 343 g/mol. The molecule has 0 unspecified atom stereocenters. The van der Waals surface area contributed by atoms with E-state index in [0.29, 0.717) is 0 Å². The van der Waals surface area contributed by atoms with E-state index in [1.807, 2.05) is 23.1 Å². The summed E-state index contributed by atoms with van der Waals surface area (Å²) in [7, 11) is 1.62. The minimum absolute atomic E-state index is 0.0916. The highest BCUT2D eigenvalue weighted by Crippen LogP contribution is 2.22. The largest absolute Gasteiger partial charge is 0.497 e. The number of piperidine rings is 1. The van der Waals surface area contributed by atoms with E-state index in [9.17, 15) is 4.79 Å². The molecular formula is C13H17IN2O2. The SMILES string of the molecule is COc1ccc(C(=O)N2CCC(N)CC2)c(I)c1. The summed E-state index contributed by atoms with van der Waals surface area (Å²) in [6.07, 6.45) is 1.77. The summed E-state index contributed by atoms with van der Waals surface area (Å²) in [5.74, 6) is 0.866. The topological polar surface area (TPSA) is 55.6 Å². The predicted octanol–water partition coefficient (Wildman–Crippen LogP) is 1.86. The summed E-state index contributed by atoms with van der Waals surface area (Å²) < 4.78 is 6.07. The molecule has 2 rings (SSSR count). The highest BCUT2D eigenvalue weighted by atomic mass is 127. The molecule has 1 fully saturated rings. The lowest BCUT2D eigenvalue weighted by molar-refractivity contribution is 0.0713. The quantitative estimate of drug-likeness (QED) is 0.820. The molecule has 0 aliphatic carbocycles. The lowest BCUT2D eigenvalue weighted by atomic mass is 10.0. The number of carbonyl (C=O) groups is 1. The van der Waals surface area contributed by atoms with Crippen molar-refractivity contribution in [1.82, 2.24) is 4.90 Å². The number of halogens is 1. The molecule has 1 aliphatic rings. The maximum absolute atomic E-state index is 12.4. The van der Waals surface area contributed by atoms with E-state index in [0.717, 1.165) is 40.8 Å². The second-order valence-corrected chi connectivity index (χ2v) is 5.64. The first kappa shape index (κ1) is 13.6. The Labute approximate surface area is 121 Å². The van der Waals surface area contributed by atoms with Gasteiger partial charge in [0.15, 0.2) is 0 Å². The first-order valence-corrected chi connectivity index (χ1v) is 7.08. The lowest BCUT2D eigenvalue weighted by Gasteiger charge is -2.30. The molecule has 2 N–H and O–H groups in total. The van der Waals surface area contributed by atoms with Crippen molar-refractivity contribution in [3.63, 3.8) is 0 Å². The number of hydrogen-bond donors (Lipinski definition) is 1. The molecule has 0 radical (unpaired) electrons. The Morgan fingerprint density at radius 3 is 2.67 bits per heavy atom. The Morgan fingerprint density at radius 2 is 2.11 bits per heavy atom. The molecule has 4 nitrogen and oxygen atoms in total. The van der Waals surface area contributed by atoms with Crippen LogP contribution in [0.4, 0.5) is 0 Å². The van der Waals surface area contributed by atoms with Gasteiger partial charge in [-0.15, -0.1) is 0 Å². The van der Waals surface area contributed by atoms with Gasteiger partial charge in [0.2, 0.25) is 0 Å². The molecule has 1 aromatic rings. The molecule has 1 aromatic carbocycles. The number of hydrogen-bond acceptors (Lipinski definition) is 3. The van der Waals surface area contributed by atoms with Gasteiger partial charge < -0.3 is 15.4 Å². The van der Waals surface area contributed by atoms with Gasteiger partial charge in [0.1, 0.15) is 5.75 Å². The maximum atomic E-state index is 12.4. The molecule has 0 spiro atoms. The molecule has 1 heterocycles. The average molecular weight is 360 g/mol. The molecule has 0 saturated carbocycles. The molecule has 5 heteroatoms. The number of amides is 1. The van der Waals surface area contributed by atoms with Gasteiger partial charge >= 0.3 is 0 Å². The molecule has 1 saturated heterocycles. The van der Waals surface area contributed by atoms with Crippen molar-refractivity contribution in [1.29, 1.82) is 0 Å². The number of likely N-dealkylation sites (tertiary alicyclic amines) is 1. The van der Waals surface area contributed by atoms with Crippen LogP contribution in [0.1, 0.15) is 23.2 Å². The Morgan fingerprint density at radius 1 is 1.44 bits per heavy atom. The molecule has 18 heavy (non-hydrogen) atoms. The van der Waals surface area contributed by atoms with E-state index in [1.165, 1.54) is 0 Å². The van der Waals surface area contributed by atoms with Crippen LogP contribution in [0.5, 0.6) is 5.75 Å². The van der Waals surface area contributed by atoms with E-state index in [-0.39, 0.29) is 11.9 Å². The number of nitrogens with zero attached hydrogens (tertiary/aromatic N) is 1.